The number of carbonyl (C=O) groups is 2. The first-order valence-corrected chi connectivity index (χ1v) is 13.1. The van der Waals surface area contributed by atoms with Crippen LogP contribution >= 0.6 is 0 Å². The summed E-state index contributed by atoms with van der Waals surface area (Å²) >= 11 is 0. The van der Waals surface area contributed by atoms with Crippen LogP contribution in [0, 0.1) is 6.92 Å². The highest BCUT2D eigenvalue weighted by Gasteiger charge is 2.49. The topological polar surface area (TPSA) is 126 Å². The van der Waals surface area contributed by atoms with E-state index in [2.05, 4.69) is 4.98 Å². The highest BCUT2D eigenvalue weighted by Crippen LogP contribution is 2.41. The average molecular weight is 510 g/mol. The summed E-state index contributed by atoms with van der Waals surface area (Å²) in [5.74, 6) is -0.416. The lowest BCUT2D eigenvalue weighted by molar-refractivity contribution is -0.130. The Labute approximate surface area is 209 Å². The standard InChI is InChI=1S/C26H27N3O6S/c1-19-5-9-21(10-6-19)35-22-11-7-20(8-12-22)26(18-24(30)28-32)13-15-29(16-17-36(26,33)34)25(31)23-4-2-3-14-27-23/h2-12,14,32H,13,15-18H2,1H3,(H,28,30). The molecule has 1 saturated heterocycles. The molecule has 1 atom stereocenters. The summed E-state index contributed by atoms with van der Waals surface area (Å²) in [4.78, 5) is 30.8. The van der Waals surface area contributed by atoms with Crippen LogP contribution in [0.1, 0.15) is 34.5 Å². The summed E-state index contributed by atoms with van der Waals surface area (Å²) in [6.07, 6.45) is 0.979. The second-order valence-corrected chi connectivity index (χ2v) is 11.1. The minimum Gasteiger partial charge on any atom is -0.457 e. The first-order chi connectivity index (χ1) is 17.2. The molecule has 36 heavy (non-hydrogen) atoms. The molecule has 188 valence electrons. The van der Waals surface area contributed by atoms with Crippen molar-refractivity contribution in [2.75, 3.05) is 18.8 Å². The van der Waals surface area contributed by atoms with Crippen LogP contribution in [0.4, 0.5) is 0 Å². The molecule has 1 fully saturated rings. The highest BCUT2D eigenvalue weighted by atomic mass is 32.2. The van der Waals surface area contributed by atoms with Crippen LogP contribution in [0.25, 0.3) is 0 Å². The quantitative estimate of drug-likeness (QED) is 0.386. The SMILES string of the molecule is Cc1ccc(Oc2ccc(C3(CC(=O)NO)CCN(C(=O)c4ccccn4)CCS3(=O)=O)cc2)cc1. The fourth-order valence-corrected chi connectivity index (χ4v) is 6.46. The number of hydroxylamine groups is 1. The van der Waals surface area contributed by atoms with Crippen molar-refractivity contribution >= 4 is 21.7 Å². The molecule has 1 unspecified atom stereocenters. The number of carbonyl (C=O) groups excluding carboxylic acids is 2. The van der Waals surface area contributed by atoms with Crippen LogP contribution < -0.4 is 10.2 Å². The lowest BCUT2D eigenvalue weighted by Gasteiger charge is -2.32. The third kappa shape index (κ3) is 5.24. The molecule has 2 heterocycles. The van der Waals surface area contributed by atoms with Crippen LogP contribution in [-0.4, -0.2) is 54.2 Å². The number of aromatic nitrogens is 1. The summed E-state index contributed by atoms with van der Waals surface area (Å²) < 4.78 is 31.5. The first kappa shape index (κ1) is 25.3. The normalized spacial score (nSPS) is 19.2. The molecule has 2 aromatic carbocycles. The van der Waals surface area contributed by atoms with Gasteiger partial charge in [0.15, 0.2) is 9.84 Å². The van der Waals surface area contributed by atoms with Gasteiger partial charge < -0.3 is 9.64 Å². The van der Waals surface area contributed by atoms with Gasteiger partial charge in [-0.2, -0.15) is 0 Å². The molecule has 0 aliphatic carbocycles. The third-order valence-electron chi connectivity index (χ3n) is 6.39. The van der Waals surface area contributed by atoms with Crippen LogP contribution in [0.3, 0.4) is 0 Å². The van der Waals surface area contributed by atoms with E-state index in [1.165, 1.54) is 11.1 Å². The molecule has 9 nitrogen and oxygen atoms in total. The van der Waals surface area contributed by atoms with Gasteiger partial charge in [-0.3, -0.25) is 19.8 Å². The third-order valence-corrected chi connectivity index (χ3v) is 8.88. The Morgan fingerprint density at radius 2 is 1.69 bits per heavy atom. The molecule has 1 aliphatic heterocycles. The van der Waals surface area contributed by atoms with E-state index >= 15 is 0 Å². The fraction of sp³-hybridized carbons (Fsp3) is 0.269. The average Bonchev–Trinajstić information content (AvgIpc) is 3.02. The Hall–Kier alpha value is -3.76. The summed E-state index contributed by atoms with van der Waals surface area (Å²) in [7, 11) is -3.93. The molecule has 0 saturated carbocycles. The largest absolute Gasteiger partial charge is 0.457 e. The Kier molecular flexibility index (Phi) is 7.37. The zero-order valence-corrected chi connectivity index (χ0v) is 20.6. The van der Waals surface area contributed by atoms with E-state index in [0.717, 1.165) is 5.56 Å². The Balaban J connectivity index is 1.65. The molecular formula is C26H27N3O6S. The number of ether oxygens (including phenoxy) is 1. The van der Waals surface area contributed by atoms with E-state index in [1.54, 1.807) is 47.9 Å². The molecule has 3 aromatic rings. The minimum absolute atomic E-state index is 0.0283. The maximum absolute atomic E-state index is 13.6. The number of pyridine rings is 1. The second-order valence-electron chi connectivity index (χ2n) is 8.72. The molecule has 4 rings (SSSR count). The Bertz CT molecular complexity index is 1330. The van der Waals surface area contributed by atoms with E-state index in [-0.39, 0.29) is 36.9 Å². The van der Waals surface area contributed by atoms with Crippen molar-refractivity contribution < 1.29 is 28.0 Å². The van der Waals surface area contributed by atoms with Crippen molar-refractivity contribution in [1.82, 2.24) is 15.4 Å². The van der Waals surface area contributed by atoms with Gasteiger partial charge in [0.2, 0.25) is 5.91 Å². The van der Waals surface area contributed by atoms with Gasteiger partial charge in [0.25, 0.3) is 5.91 Å². The molecule has 2 amide bonds. The van der Waals surface area contributed by atoms with E-state index in [0.29, 0.717) is 17.1 Å². The van der Waals surface area contributed by atoms with Gasteiger partial charge in [-0.05, 0) is 55.3 Å². The van der Waals surface area contributed by atoms with Gasteiger partial charge in [-0.1, -0.05) is 35.9 Å². The number of rotatable bonds is 6. The lowest BCUT2D eigenvalue weighted by atomic mass is 9.90. The number of amides is 2. The van der Waals surface area contributed by atoms with Crippen molar-refractivity contribution in [2.24, 2.45) is 0 Å². The molecule has 0 spiro atoms. The van der Waals surface area contributed by atoms with Gasteiger partial charge >= 0.3 is 0 Å². The summed E-state index contributed by atoms with van der Waals surface area (Å²) in [5.41, 5.74) is 3.25. The lowest BCUT2D eigenvalue weighted by Crippen LogP contribution is -2.42. The van der Waals surface area contributed by atoms with Crippen LogP contribution in [0.2, 0.25) is 0 Å². The fourth-order valence-electron chi connectivity index (χ4n) is 4.36. The summed E-state index contributed by atoms with van der Waals surface area (Å²) in [5, 5.41) is 9.20. The molecule has 1 aromatic heterocycles. The molecule has 10 heteroatoms. The molecular weight excluding hydrogens is 482 g/mol. The summed E-state index contributed by atoms with van der Waals surface area (Å²) in [6.45, 7) is 2.03. The van der Waals surface area contributed by atoms with E-state index in [4.69, 9.17) is 4.74 Å². The number of nitrogens with one attached hydrogen (secondary N) is 1. The summed E-state index contributed by atoms with van der Waals surface area (Å²) in [6, 6.07) is 19.0. The molecule has 2 N–H and O–H groups in total. The van der Waals surface area contributed by atoms with Crippen LogP contribution in [0.5, 0.6) is 11.5 Å². The Morgan fingerprint density at radius 3 is 2.31 bits per heavy atom. The van der Waals surface area contributed by atoms with E-state index in [9.17, 15) is 23.2 Å². The number of aryl methyl sites for hydroxylation is 1. The van der Waals surface area contributed by atoms with Crippen LogP contribution in [-0.2, 0) is 19.4 Å². The minimum atomic E-state index is -3.93. The number of sulfone groups is 1. The van der Waals surface area contributed by atoms with E-state index < -0.39 is 26.9 Å². The van der Waals surface area contributed by atoms with Crippen molar-refractivity contribution in [3.63, 3.8) is 0 Å². The number of benzene rings is 2. The van der Waals surface area contributed by atoms with Crippen LogP contribution in [0.15, 0.2) is 72.9 Å². The highest BCUT2D eigenvalue weighted by molar-refractivity contribution is 7.92. The van der Waals surface area contributed by atoms with Crippen molar-refractivity contribution in [2.45, 2.75) is 24.5 Å². The van der Waals surface area contributed by atoms with Crippen molar-refractivity contribution in [3.05, 3.63) is 89.7 Å². The smallest absolute Gasteiger partial charge is 0.272 e. The number of hydrogen-bond acceptors (Lipinski definition) is 7. The Morgan fingerprint density at radius 1 is 1.03 bits per heavy atom. The predicted molar refractivity (Wildman–Crippen MR) is 132 cm³/mol. The van der Waals surface area contributed by atoms with E-state index in [1.807, 2.05) is 31.2 Å². The van der Waals surface area contributed by atoms with Gasteiger partial charge in [0, 0.05) is 19.3 Å². The molecule has 0 bridgehead atoms. The van der Waals surface area contributed by atoms with Gasteiger partial charge in [-0.15, -0.1) is 0 Å². The second kappa shape index (κ2) is 10.5. The monoisotopic (exact) mass is 509 g/mol. The number of nitrogens with zero attached hydrogens (tertiary/aromatic N) is 2. The van der Waals surface area contributed by atoms with Gasteiger partial charge in [-0.25, -0.2) is 13.9 Å². The zero-order chi connectivity index (χ0) is 25.8. The van der Waals surface area contributed by atoms with Gasteiger partial charge in [0.1, 0.15) is 21.9 Å². The predicted octanol–water partition coefficient (Wildman–Crippen LogP) is 3.23. The van der Waals surface area contributed by atoms with Crippen molar-refractivity contribution in [3.8, 4) is 11.5 Å². The molecule has 1 aliphatic rings. The zero-order valence-electron chi connectivity index (χ0n) is 19.8. The maximum Gasteiger partial charge on any atom is 0.272 e. The van der Waals surface area contributed by atoms with Gasteiger partial charge in [0.05, 0.1) is 12.2 Å². The number of hydrogen-bond donors (Lipinski definition) is 2. The van der Waals surface area contributed by atoms with Crippen molar-refractivity contribution in [1.29, 1.82) is 0 Å². The molecule has 0 radical (unpaired) electrons. The maximum atomic E-state index is 13.6. The first-order valence-electron chi connectivity index (χ1n) is 11.4.